The summed E-state index contributed by atoms with van der Waals surface area (Å²) in [6, 6.07) is 5.55. The molecule has 110 valence electrons. The Labute approximate surface area is 125 Å². The third-order valence-electron chi connectivity index (χ3n) is 2.71. The molecule has 2 atom stereocenters. The van der Waals surface area contributed by atoms with E-state index >= 15 is 0 Å². The first-order valence-electron chi connectivity index (χ1n) is 5.98. The summed E-state index contributed by atoms with van der Waals surface area (Å²) in [5.41, 5.74) is 0.912. The van der Waals surface area contributed by atoms with E-state index in [-0.39, 0.29) is 0 Å². The van der Waals surface area contributed by atoms with E-state index in [1.54, 1.807) is 7.05 Å². The Kier molecular flexibility index (Phi) is 5.97. The lowest BCUT2D eigenvalue weighted by atomic mass is 10.2. The molecule has 0 bridgehead atoms. The molecule has 7 heteroatoms. The lowest BCUT2D eigenvalue weighted by Gasteiger charge is -2.22. The number of carboxylic acid groups (broad SMARTS) is 1. The second-order valence-corrected chi connectivity index (χ2v) is 5.40. The van der Waals surface area contributed by atoms with E-state index in [1.807, 2.05) is 24.3 Å². The number of hydrogen-bond acceptors (Lipinski definition) is 3. The number of halogens is 1. The van der Waals surface area contributed by atoms with Crippen LogP contribution in [0.25, 0.3) is 0 Å². The molecule has 20 heavy (non-hydrogen) atoms. The van der Waals surface area contributed by atoms with Crippen LogP contribution in [0, 0.1) is 0 Å². The first-order valence-corrected chi connectivity index (χ1v) is 6.77. The van der Waals surface area contributed by atoms with Crippen LogP contribution in [0.15, 0.2) is 28.7 Å². The molecule has 6 nitrogen and oxygen atoms in total. The highest BCUT2D eigenvalue weighted by Crippen LogP contribution is 2.11. The van der Waals surface area contributed by atoms with Crippen molar-refractivity contribution in [3.05, 3.63) is 34.3 Å². The van der Waals surface area contributed by atoms with E-state index in [9.17, 15) is 14.7 Å². The number of aliphatic hydroxyl groups excluding tert-OH is 1. The lowest BCUT2D eigenvalue weighted by molar-refractivity contribution is -0.141. The predicted molar refractivity (Wildman–Crippen MR) is 77.2 cm³/mol. The number of hydrogen-bond donors (Lipinski definition) is 3. The maximum absolute atomic E-state index is 11.9. The zero-order chi connectivity index (χ0) is 15.3. The Morgan fingerprint density at radius 3 is 2.35 bits per heavy atom. The Morgan fingerprint density at radius 1 is 1.35 bits per heavy atom. The molecule has 0 unspecified atom stereocenters. The second-order valence-electron chi connectivity index (χ2n) is 4.49. The molecule has 1 rings (SSSR count). The number of aliphatic hydroxyl groups is 1. The summed E-state index contributed by atoms with van der Waals surface area (Å²) >= 11 is 3.32. The Balaban J connectivity index is 2.62. The van der Waals surface area contributed by atoms with Crippen molar-refractivity contribution in [2.45, 2.75) is 25.6 Å². The first kappa shape index (κ1) is 16.5. The number of rotatable bonds is 5. The number of carboxylic acids is 1. The fourth-order valence-electron chi connectivity index (χ4n) is 1.57. The number of aliphatic carboxylic acids is 1. The Morgan fingerprint density at radius 2 is 1.90 bits per heavy atom. The minimum atomic E-state index is -1.32. The molecule has 0 heterocycles. The predicted octanol–water partition coefficient (Wildman–Crippen LogP) is 1.42. The monoisotopic (exact) mass is 344 g/mol. The van der Waals surface area contributed by atoms with Gasteiger partial charge in [-0.25, -0.2) is 9.59 Å². The zero-order valence-corrected chi connectivity index (χ0v) is 12.8. The van der Waals surface area contributed by atoms with E-state index < -0.39 is 24.1 Å². The summed E-state index contributed by atoms with van der Waals surface area (Å²) in [6.45, 7) is 1.65. The van der Waals surface area contributed by atoms with Crippen LogP contribution in [0.5, 0.6) is 0 Å². The van der Waals surface area contributed by atoms with Gasteiger partial charge in [-0.15, -0.1) is 0 Å². The van der Waals surface area contributed by atoms with Crippen molar-refractivity contribution in [1.82, 2.24) is 10.2 Å². The SMILES string of the molecule is C[C@@H](O)[C@H](NC(=O)N(C)Cc1ccc(Br)cc1)C(=O)O. The number of nitrogens with one attached hydrogen (secondary N) is 1. The third-order valence-corrected chi connectivity index (χ3v) is 3.24. The molecule has 0 fully saturated rings. The van der Waals surface area contributed by atoms with Crippen LogP contribution in [0.2, 0.25) is 0 Å². The zero-order valence-electron chi connectivity index (χ0n) is 11.2. The molecular weight excluding hydrogens is 328 g/mol. The fraction of sp³-hybridized carbons (Fsp3) is 0.385. The van der Waals surface area contributed by atoms with Gasteiger partial charge in [0.05, 0.1) is 6.10 Å². The van der Waals surface area contributed by atoms with Crippen molar-refractivity contribution < 1.29 is 19.8 Å². The molecule has 0 saturated carbocycles. The van der Waals surface area contributed by atoms with Gasteiger partial charge in [-0.05, 0) is 24.6 Å². The normalized spacial score (nSPS) is 13.4. The van der Waals surface area contributed by atoms with Gasteiger partial charge in [0.2, 0.25) is 0 Å². The molecular formula is C13H17BrN2O4. The molecule has 0 saturated heterocycles. The molecule has 3 N–H and O–H groups in total. The summed E-state index contributed by atoms with van der Waals surface area (Å²) < 4.78 is 0.938. The van der Waals surface area contributed by atoms with Crippen LogP contribution in [-0.4, -0.2) is 46.3 Å². The highest BCUT2D eigenvalue weighted by atomic mass is 79.9. The molecule has 0 spiro atoms. The summed E-state index contributed by atoms with van der Waals surface area (Å²) in [6.07, 6.45) is -1.17. The molecule has 2 amide bonds. The van der Waals surface area contributed by atoms with Crippen molar-refractivity contribution in [2.24, 2.45) is 0 Å². The summed E-state index contributed by atoms with van der Waals surface area (Å²) in [7, 11) is 1.55. The van der Waals surface area contributed by atoms with Crippen molar-refractivity contribution >= 4 is 27.9 Å². The van der Waals surface area contributed by atoms with Crippen LogP contribution < -0.4 is 5.32 Å². The standard InChI is InChI=1S/C13H17BrN2O4/c1-8(17)11(12(18)19)15-13(20)16(2)7-9-3-5-10(14)6-4-9/h3-6,8,11,17H,7H2,1-2H3,(H,15,20)(H,18,19)/t8-,11+/m1/s1. The minimum Gasteiger partial charge on any atom is -0.480 e. The highest BCUT2D eigenvalue weighted by molar-refractivity contribution is 9.10. The average molecular weight is 345 g/mol. The smallest absolute Gasteiger partial charge is 0.328 e. The molecule has 0 aromatic heterocycles. The number of amides is 2. The number of carbonyl (C=O) groups excluding carboxylic acids is 1. The van der Waals surface area contributed by atoms with Gasteiger partial charge in [0.1, 0.15) is 0 Å². The van der Waals surface area contributed by atoms with Gasteiger partial charge < -0.3 is 20.4 Å². The van der Waals surface area contributed by atoms with Crippen molar-refractivity contribution in [1.29, 1.82) is 0 Å². The maximum atomic E-state index is 11.9. The lowest BCUT2D eigenvalue weighted by Crippen LogP contribution is -2.51. The third kappa shape index (κ3) is 4.82. The Hall–Kier alpha value is -1.60. The summed E-state index contributed by atoms with van der Waals surface area (Å²) in [5, 5.41) is 20.5. The maximum Gasteiger partial charge on any atom is 0.328 e. The van der Waals surface area contributed by atoms with E-state index in [4.69, 9.17) is 5.11 Å². The number of benzene rings is 1. The van der Waals surface area contributed by atoms with Crippen molar-refractivity contribution in [3.8, 4) is 0 Å². The van der Waals surface area contributed by atoms with Crippen molar-refractivity contribution in [3.63, 3.8) is 0 Å². The molecule has 0 aliphatic carbocycles. The number of urea groups is 1. The van der Waals surface area contributed by atoms with Crippen LogP contribution in [0.1, 0.15) is 12.5 Å². The van der Waals surface area contributed by atoms with Crippen LogP contribution >= 0.6 is 15.9 Å². The van der Waals surface area contributed by atoms with Gasteiger partial charge >= 0.3 is 12.0 Å². The minimum absolute atomic E-state index is 0.339. The number of carbonyl (C=O) groups is 2. The quantitative estimate of drug-likeness (QED) is 0.753. The number of nitrogens with zero attached hydrogens (tertiary/aromatic N) is 1. The topological polar surface area (TPSA) is 89.9 Å². The molecule has 0 aliphatic rings. The molecule has 1 aromatic rings. The van der Waals surface area contributed by atoms with Gasteiger partial charge in [-0.2, -0.15) is 0 Å². The van der Waals surface area contributed by atoms with Gasteiger partial charge in [0.15, 0.2) is 6.04 Å². The van der Waals surface area contributed by atoms with E-state index in [1.165, 1.54) is 11.8 Å². The average Bonchev–Trinajstić information content (AvgIpc) is 2.37. The molecule has 1 aromatic carbocycles. The highest BCUT2D eigenvalue weighted by Gasteiger charge is 2.26. The molecule has 0 radical (unpaired) electrons. The van der Waals surface area contributed by atoms with Gasteiger partial charge in [0, 0.05) is 18.1 Å². The Bertz CT molecular complexity index is 476. The van der Waals surface area contributed by atoms with Crippen LogP contribution in [0.4, 0.5) is 4.79 Å². The van der Waals surface area contributed by atoms with Gasteiger partial charge in [-0.1, -0.05) is 28.1 Å². The van der Waals surface area contributed by atoms with E-state index in [0.29, 0.717) is 6.54 Å². The first-order chi connectivity index (χ1) is 9.31. The van der Waals surface area contributed by atoms with Crippen LogP contribution in [-0.2, 0) is 11.3 Å². The summed E-state index contributed by atoms with van der Waals surface area (Å²) in [4.78, 5) is 24.1. The van der Waals surface area contributed by atoms with E-state index in [2.05, 4.69) is 21.2 Å². The second kappa shape index (κ2) is 7.25. The van der Waals surface area contributed by atoms with E-state index in [0.717, 1.165) is 10.0 Å². The van der Waals surface area contributed by atoms with Gasteiger partial charge in [0.25, 0.3) is 0 Å². The van der Waals surface area contributed by atoms with Crippen LogP contribution in [0.3, 0.4) is 0 Å². The van der Waals surface area contributed by atoms with Crippen molar-refractivity contribution in [2.75, 3.05) is 7.05 Å². The molecule has 0 aliphatic heterocycles. The largest absolute Gasteiger partial charge is 0.480 e. The summed E-state index contributed by atoms with van der Waals surface area (Å²) in [5.74, 6) is -1.27. The fourth-order valence-corrected chi connectivity index (χ4v) is 1.83. The van der Waals surface area contributed by atoms with Gasteiger partial charge in [-0.3, -0.25) is 0 Å².